The van der Waals surface area contributed by atoms with E-state index in [4.69, 9.17) is 5.73 Å². The molecule has 0 bridgehead atoms. The molecule has 2 N–H and O–H groups in total. The number of benzene rings is 2. The molecule has 1 fully saturated rings. The van der Waals surface area contributed by atoms with E-state index in [9.17, 15) is 9.59 Å². The number of amides is 2. The van der Waals surface area contributed by atoms with E-state index in [-0.39, 0.29) is 0 Å². The molecule has 2 amide bonds. The predicted molar refractivity (Wildman–Crippen MR) is 115 cm³/mol. The zero-order valence-corrected chi connectivity index (χ0v) is 16.4. The van der Waals surface area contributed by atoms with Crippen molar-refractivity contribution in [3.63, 3.8) is 0 Å². The molecule has 1 aliphatic heterocycles. The van der Waals surface area contributed by atoms with Gasteiger partial charge >= 0.3 is 11.8 Å². The van der Waals surface area contributed by atoms with Gasteiger partial charge in [-0.15, -0.1) is 0 Å². The summed E-state index contributed by atoms with van der Waals surface area (Å²) in [6.07, 6.45) is 3.38. The molecule has 0 aliphatic carbocycles. The summed E-state index contributed by atoms with van der Waals surface area (Å²) < 4.78 is 0. The Labute approximate surface area is 174 Å². The summed E-state index contributed by atoms with van der Waals surface area (Å²) in [6.45, 7) is 1.98. The van der Waals surface area contributed by atoms with Gasteiger partial charge in [0.1, 0.15) is 0 Å². The molecule has 1 saturated heterocycles. The highest BCUT2D eigenvalue weighted by Crippen LogP contribution is 2.27. The molecule has 0 radical (unpaired) electrons. The lowest BCUT2D eigenvalue weighted by molar-refractivity contribution is -0.144. The average Bonchev–Trinajstić information content (AvgIpc) is 2.81. The fourth-order valence-corrected chi connectivity index (χ4v) is 3.38. The number of hydrogen-bond acceptors (Lipinski definition) is 6. The monoisotopic (exact) mass is 402 g/mol. The highest BCUT2D eigenvalue weighted by Gasteiger charge is 2.31. The van der Waals surface area contributed by atoms with Gasteiger partial charge in [0.25, 0.3) is 0 Å². The van der Waals surface area contributed by atoms with Gasteiger partial charge in [0.15, 0.2) is 0 Å². The van der Waals surface area contributed by atoms with Gasteiger partial charge in [-0.3, -0.25) is 14.5 Å². The lowest BCUT2D eigenvalue weighted by Gasteiger charge is -2.35. The van der Waals surface area contributed by atoms with Gasteiger partial charge < -0.3 is 15.5 Å². The van der Waals surface area contributed by atoms with E-state index < -0.39 is 11.8 Å². The van der Waals surface area contributed by atoms with E-state index in [1.54, 1.807) is 59.8 Å². The summed E-state index contributed by atoms with van der Waals surface area (Å²) in [5.41, 5.74) is 7.58. The van der Waals surface area contributed by atoms with Gasteiger partial charge in [-0.2, -0.15) is 0 Å². The van der Waals surface area contributed by atoms with Crippen LogP contribution < -0.4 is 15.5 Å². The van der Waals surface area contributed by atoms with Crippen LogP contribution in [0.4, 0.5) is 23.0 Å². The Hall–Kier alpha value is -3.94. The van der Waals surface area contributed by atoms with Crippen LogP contribution in [0.3, 0.4) is 0 Å². The van der Waals surface area contributed by atoms with Gasteiger partial charge in [0.2, 0.25) is 5.95 Å². The smallest absolute Gasteiger partial charge is 0.321 e. The molecule has 3 aromatic rings. The number of aromatic nitrogens is 2. The molecule has 152 valence electrons. The molecule has 1 aromatic heterocycles. The quantitative estimate of drug-likeness (QED) is 0.532. The van der Waals surface area contributed by atoms with Crippen molar-refractivity contribution in [1.82, 2.24) is 14.9 Å². The number of rotatable bonds is 3. The molecule has 0 atom stereocenters. The average molecular weight is 402 g/mol. The number of carbonyl (C=O) groups is 2. The Morgan fingerprint density at radius 1 is 0.800 bits per heavy atom. The number of nitrogen functional groups attached to an aromatic ring is 1. The summed E-state index contributed by atoms with van der Waals surface area (Å²) in [5.74, 6) is -0.511. The zero-order chi connectivity index (χ0) is 20.9. The fourth-order valence-electron chi connectivity index (χ4n) is 3.38. The Morgan fingerprint density at radius 3 is 2.03 bits per heavy atom. The van der Waals surface area contributed by atoms with Crippen LogP contribution in [-0.2, 0) is 9.59 Å². The van der Waals surface area contributed by atoms with Crippen LogP contribution in [0.15, 0.2) is 73.1 Å². The normalized spacial score (nSPS) is 13.7. The SMILES string of the molecule is Nc1ccc(N(C(=O)C(=O)N2CCN(c3ncccn3)CC2)c2ccccc2)cc1. The van der Waals surface area contributed by atoms with E-state index in [0.717, 1.165) is 0 Å². The fraction of sp³-hybridized carbons (Fsp3) is 0.182. The third kappa shape index (κ3) is 4.07. The number of nitrogens with two attached hydrogens (primary N) is 1. The Balaban J connectivity index is 1.52. The summed E-state index contributed by atoms with van der Waals surface area (Å²) >= 11 is 0. The second kappa shape index (κ2) is 8.60. The van der Waals surface area contributed by atoms with Crippen LogP contribution in [0, 0.1) is 0 Å². The van der Waals surface area contributed by atoms with Crippen LogP contribution in [0.1, 0.15) is 0 Å². The predicted octanol–water partition coefficient (Wildman–Crippen LogP) is 2.07. The third-order valence-electron chi connectivity index (χ3n) is 4.95. The molecule has 0 saturated carbocycles. The second-order valence-electron chi connectivity index (χ2n) is 6.90. The van der Waals surface area contributed by atoms with Crippen molar-refractivity contribution >= 4 is 34.8 Å². The first-order valence-corrected chi connectivity index (χ1v) is 9.69. The number of nitrogens with zero attached hydrogens (tertiary/aromatic N) is 5. The molecule has 2 aromatic carbocycles. The van der Waals surface area contributed by atoms with Crippen LogP contribution >= 0.6 is 0 Å². The van der Waals surface area contributed by atoms with Crippen molar-refractivity contribution < 1.29 is 9.59 Å². The van der Waals surface area contributed by atoms with Gasteiger partial charge in [-0.25, -0.2) is 9.97 Å². The highest BCUT2D eigenvalue weighted by atomic mass is 16.2. The lowest BCUT2D eigenvalue weighted by atomic mass is 10.2. The van der Waals surface area contributed by atoms with Gasteiger partial charge in [0.05, 0.1) is 0 Å². The summed E-state index contributed by atoms with van der Waals surface area (Å²) in [4.78, 5) is 39.8. The van der Waals surface area contributed by atoms with Crippen molar-refractivity contribution in [1.29, 1.82) is 0 Å². The second-order valence-corrected chi connectivity index (χ2v) is 6.90. The Bertz CT molecular complexity index is 1000. The molecule has 0 unspecified atom stereocenters. The molecule has 8 heteroatoms. The molecule has 2 heterocycles. The number of anilines is 4. The third-order valence-corrected chi connectivity index (χ3v) is 4.95. The molecule has 30 heavy (non-hydrogen) atoms. The van der Waals surface area contributed by atoms with Gasteiger partial charge in [0, 0.05) is 55.6 Å². The summed E-state index contributed by atoms with van der Waals surface area (Å²) in [6, 6.07) is 17.8. The van der Waals surface area contributed by atoms with E-state index in [2.05, 4.69) is 9.97 Å². The first-order valence-electron chi connectivity index (χ1n) is 9.69. The largest absolute Gasteiger partial charge is 0.399 e. The van der Waals surface area contributed by atoms with E-state index in [1.165, 1.54) is 4.90 Å². The van der Waals surface area contributed by atoms with Crippen molar-refractivity contribution in [3.05, 3.63) is 73.1 Å². The maximum absolute atomic E-state index is 13.2. The minimum atomic E-state index is -0.601. The number of para-hydroxylation sites is 1. The standard InChI is InChI=1S/C22H22N6O2/c23-17-7-9-19(10-8-17)28(18-5-2-1-3-6-18)21(30)20(29)26-13-15-27(16-14-26)22-24-11-4-12-25-22/h1-12H,13-16,23H2. The van der Waals surface area contributed by atoms with Crippen molar-refractivity contribution in [3.8, 4) is 0 Å². The van der Waals surface area contributed by atoms with Crippen molar-refractivity contribution in [2.75, 3.05) is 41.7 Å². The first-order chi connectivity index (χ1) is 14.6. The lowest BCUT2D eigenvalue weighted by Crippen LogP contribution is -2.53. The number of carbonyl (C=O) groups excluding carboxylic acids is 2. The summed E-state index contributed by atoms with van der Waals surface area (Å²) in [5, 5.41) is 0. The minimum absolute atomic E-state index is 0.424. The molecule has 0 spiro atoms. The molecule has 1 aliphatic rings. The molecule has 4 rings (SSSR count). The minimum Gasteiger partial charge on any atom is -0.399 e. The molecule has 8 nitrogen and oxygen atoms in total. The maximum atomic E-state index is 13.2. The Kier molecular flexibility index (Phi) is 5.56. The van der Waals surface area contributed by atoms with Crippen molar-refractivity contribution in [2.45, 2.75) is 0 Å². The van der Waals surface area contributed by atoms with E-state index in [0.29, 0.717) is 49.2 Å². The maximum Gasteiger partial charge on any atom is 0.321 e. The van der Waals surface area contributed by atoms with Crippen LogP contribution in [-0.4, -0.2) is 52.9 Å². The summed E-state index contributed by atoms with van der Waals surface area (Å²) in [7, 11) is 0. The number of piperazine rings is 1. The number of hydrogen-bond donors (Lipinski definition) is 1. The van der Waals surface area contributed by atoms with E-state index >= 15 is 0 Å². The van der Waals surface area contributed by atoms with Crippen LogP contribution in [0.5, 0.6) is 0 Å². The van der Waals surface area contributed by atoms with E-state index in [1.807, 2.05) is 23.1 Å². The highest BCUT2D eigenvalue weighted by molar-refractivity contribution is 6.42. The molecular formula is C22H22N6O2. The van der Waals surface area contributed by atoms with Crippen molar-refractivity contribution in [2.24, 2.45) is 0 Å². The first kappa shape index (κ1) is 19.4. The van der Waals surface area contributed by atoms with Gasteiger partial charge in [-0.05, 0) is 42.5 Å². The van der Waals surface area contributed by atoms with Crippen LogP contribution in [0.25, 0.3) is 0 Å². The van der Waals surface area contributed by atoms with Crippen LogP contribution in [0.2, 0.25) is 0 Å². The topological polar surface area (TPSA) is 95.7 Å². The Morgan fingerprint density at radius 2 is 1.40 bits per heavy atom. The molecular weight excluding hydrogens is 380 g/mol. The zero-order valence-electron chi connectivity index (χ0n) is 16.4. The van der Waals surface area contributed by atoms with Gasteiger partial charge in [-0.1, -0.05) is 18.2 Å².